The molecule has 0 bridgehead atoms. The molecule has 2 rings (SSSR count). The van der Waals surface area contributed by atoms with Crippen LogP contribution in [0.25, 0.3) is 0 Å². The fraction of sp³-hybridized carbons (Fsp3) is 0.933. The van der Waals surface area contributed by atoms with Gasteiger partial charge in [0.15, 0.2) is 0 Å². The Kier molecular flexibility index (Phi) is 5.81. The van der Waals surface area contributed by atoms with Crippen LogP contribution < -0.4 is 5.73 Å². The third-order valence-electron chi connectivity index (χ3n) is 4.71. The van der Waals surface area contributed by atoms with Gasteiger partial charge in [0.2, 0.25) is 5.91 Å². The Morgan fingerprint density at radius 3 is 2.60 bits per heavy atom. The first-order valence-electron chi connectivity index (χ1n) is 8.00. The smallest absolute Gasteiger partial charge is 0.239 e. The predicted molar refractivity (Wildman–Crippen MR) is 79.4 cm³/mol. The van der Waals surface area contributed by atoms with E-state index in [2.05, 4.69) is 18.7 Å². The first kappa shape index (κ1) is 15.7. The third-order valence-corrected chi connectivity index (χ3v) is 4.71. The standard InChI is InChI=1S/C15H29N3O2/c1-3-12(2)14(16)15(19)18-8-6-17(7-9-18)11-13-5-4-10-20-13/h12-14H,3-11,16H2,1-2H3. The molecule has 0 saturated carbocycles. The monoisotopic (exact) mass is 283 g/mol. The van der Waals surface area contributed by atoms with Crippen LogP contribution in [0.3, 0.4) is 0 Å². The zero-order chi connectivity index (χ0) is 14.5. The number of ether oxygens (including phenoxy) is 1. The van der Waals surface area contributed by atoms with Gasteiger partial charge < -0.3 is 15.4 Å². The molecule has 2 heterocycles. The summed E-state index contributed by atoms with van der Waals surface area (Å²) in [6, 6.07) is -0.343. The molecule has 3 atom stereocenters. The van der Waals surface area contributed by atoms with E-state index < -0.39 is 0 Å². The number of amides is 1. The zero-order valence-electron chi connectivity index (χ0n) is 12.9. The Balaban J connectivity index is 1.74. The molecule has 0 spiro atoms. The summed E-state index contributed by atoms with van der Waals surface area (Å²) in [5.41, 5.74) is 6.04. The summed E-state index contributed by atoms with van der Waals surface area (Å²) < 4.78 is 5.67. The third kappa shape index (κ3) is 3.93. The Morgan fingerprint density at radius 1 is 1.35 bits per heavy atom. The van der Waals surface area contributed by atoms with Gasteiger partial charge in [-0.25, -0.2) is 0 Å². The minimum absolute atomic E-state index is 0.121. The lowest BCUT2D eigenvalue weighted by atomic mass is 9.98. The largest absolute Gasteiger partial charge is 0.377 e. The molecule has 5 heteroatoms. The summed E-state index contributed by atoms with van der Waals surface area (Å²) in [7, 11) is 0. The van der Waals surface area contributed by atoms with Crippen molar-refractivity contribution in [3.05, 3.63) is 0 Å². The minimum Gasteiger partial charge on any atom is -0.377 e. The van der Waals surface area contributed by atoms with Crippen molar-refractivity contribution in [2.24, 2.45) is 11.7 Å². The normalized spacial score (nSPS) is 27.6. The van der Waals surface area contributed by atoms with E-state index in [4.69, 9.17) is 10.5 Å². The van der Waals surface area contributed by atoms with Gasteiger partial charge in [-0.15, -0.1) is 0 Å². The van der Waals surface area contributed by atoms with Crippen LogP contribution in [0.1, 0.15) is 33.1 Å². The summed E-state index contributed by atoms with van der Waals surface area (Å²) in [5.74, 6) is 0.378. The van der Waals surface area contributed by atoms with Gasteiger partial charge in [0.05, 0.1) is 12.1 Å². The quantitative estimate of drug-likeness (QED) is 0.806. The second-order valence-electron chi connectivity index (χ2n) is 6.17. The average Bonchev–Trinajstić information content (AvgIpc) is 2.98. The number of hydrogen-bond donors (Lipinski definition) is 1. The Bertz CT molecular complexity index is 310. The Hall–Kier alpha value is -0.650. The van der Waals surface area contributed by atoms with Crippen molar-refractivity contribution in [3.63, 3.8) is 0 Å². The SMILES string of the molecule is CCC(C)C(N)C(=O)N1CCN(CC2CCCO2)CC1. The molecule has 2 aliphatic heterocycles. The van der Waals surface area contributed by atoms with Crippen LogP contribution >= 0.6 is 0 Å². The molecule has 2 fully saturated rings. The summed E-state index contributed by atoms with van der Waals surface area (Å²) in [5, 5.41) is 0. The first-order chi connectivity index (χ1) is 9.61. The molecular formula is C15H29N3O2. The van der Waals surface area contributed by atoms with E-state index in [0.717, 1.165) is 45.8 Å². The summed E-state index contributed by atoms with van der Waals surface area (Å²) in [6.45, 7) is 9.54. The van der Waals surface area contributed by atoms with Crippen LogP contribution in [0.2, 0.25) is 0 Å². The fourth-order valence-corrected chi connectivity index (χ4v) is 2.94. The van der Waals surface area contributed by atoms with Gasteiger partial charge in [-0.3, -0.25) is 9.69 Å². The van der Waals surface area contributed by atoms with Gasteiger partial charge in [0.25, 0.3) is 0 Å². The summed E-state index contributed by atoms with van der Waals surface area (Å²) in [6.07, 6.45) is 3.72. The molecule has 0 radical (unpaired) electrons. The molecule has 2 N–H and O–H groups in total. The molecule has 0 aromatic heterocycles. The number of carbonyl (C=O) groups is 1. The molecule has 2 saturated heterocycles. The van der Waals surface area contributed by atoms with Crippen molar-refractivity contribution in [1.82, 2.24) is 9.80 Å². The van der Waals surface area contributed by atoms with Gasteiger partial charge in [0.1, 0.15) is 0 Å². The number of piperazine rings is 1. The topological polar surface area (TPSA) is 58.8 Å². The molecule has 0 aliphatic carbocycles. The van der Waals surface area contributed by atoms with Crippen LogP contribution in [0.15, 0.2) is 0 Å². The van der Waals surface area contributed by atoms with Crippen LogP contribution in [-0.4, -0.2) is 67.2 Å². The molecule has 1 amide bonds. The van der Waals surface area contributed by atoms with Gasteiger partial charge in [0, 0.05) is 39.3 Å². The number of carbonyl (C=O) groups excluding carboxylic acids is 1. The van der Waals surface area contributed by atoms with Crippen molar-refractivity contribution < 1.29 is 9.53 Å². The molecule has 0 aromatic rings. The molecule has 3 unspecified atom stereocenters. The maximum absolute atomic E-state index is 12.3. The van der Waals surface area contributed by atoms with E-state index in [-0.39, 0.29) is 17.9 Å². The number of nitrogens with two attached hydrogens (primary N) is 1. The lowest BCUT2D eigenvalue weighted by Crippen LogP contribution is -2.55. The van der Waals surface area contributed by atoms with E-state index in [1.807, 2.05) is 4.90 Å². The van der Waals surface area contributed by atoms with E-state index >= 15 is 0 Å². The fourth-order valence-electron chi connectivity index (χ4n) is 2.94. The molecule has 116 valence electrons. The van der Waals surface area contributed by atoms with E-state index in [1.54, 1.807) is 0 Å². The Morgan fingerprint density at radius 2 is 2.05 bits per heavy atom. The van der Waals surface area contributed by atoms with Crippen LogP contribution in [0.5, 0.6) is 0 Å². The van der Waals surface area contributed by atoms with Crippen LogP contribution in [0.4, 0.5) is 0 Å². The van der Waals surface area contributed by atoms with Gasteiger partial charge in [-0.1, -0.05) is 20.3 Å². The van der Waals surface area contributed by atoms with Crippen molar-refractivity contribution >= 4 is 5.91 Å². The van der Waals surface area contributed by atoms with Crippen molar-refractivity contribution in [3.8, 4) is 0 Å². The summed E-state index contributed by atoms with van der Waals surface area (Å²) >= 11 is 0. The highest BCUT2D eigenvalue weighted by Crippen LogP contribution is 2.15. The maximum Gasteiger partial charge on any atom is 0.239 e. The van der Waals surface area contributed by atoms with E-state index in [9.17, 15) is 4.79 Å². The van der Waals surface area contributed by atoms with Crippen molar-refractivity contribution in [2.45, 2.75) is 45.3 Å². The second-order valence-corrected chi connectivity index (χ2v) is 6.17. The number of rotatable bonds is 5. The molecule has 2 aliphatic rings. The molecule has 0 aromatic carbocycles. The highest BCUT2D eigenvalue weighted by molar-refractivity contribution is 5.82. The molecule has 5 nitrogen and oxygen atoms in total. The van der Waals surface area contributed by atoms with Crippen molar-refractivity contribution in [1.29, 1.82) is 0 Å². The van der Waals surface area contributed by atoms with E-state index in [0.29, 0.717) is 6.10 Å². The van der Waals surface area contributed by atoms with Gasteiger partial charge >= 0.3 is 0 Å². The summed E-state index contributed by atoms with van der Waals surface area (Å²) in [4.78, 5) is 16.7. The molecular weight excluding hydrogens is 254 g/mol. The Labute approximate surface area is 122 Å². The number of hydrogen-bond acceptors (Lipinski definition) is 4. The zero-order valence-corrected chi connectivity index (χ0v) is 12.9. The van der Waals surface area contributed by atoms with E-state index in [1.165, 1.54) is 12.8 Å². The second kappa shape index (κ2) is 7.38. The lowest BCUT2D eigenvalue weighted by Gasteiger charge is -2.37. The lowest BCUT2D eigenvalue weighted by molar-refractivity contribution is -0.135. The first-order valence-corrected chi connectivity index (χ1v) is 8.00. The highest BCUT2D eigenvalue weighted by Gasteiger charge is 2.29. The van der Waals surface area contributed by atoms with Gasteiger partial charge in [-0.2, -0.15) is 0 Å². The maximum atomic E-state index is 12.3. The molecule has 20 heavy (non-hydrogen) atoms. The van der Waals surface area contributed by atoms with Gasteiger partial charge in [-0.05, 0) is 18.8 Å². The van der Waals surface area contributed by atoms with Crippen LogP contribution in [-0.2, 0) is 9.53 Å². The number of nitrogens with zero attached hydrogens (tertiary/aromatic N) is 2. The van der Waals surface area contributed by atoms with Crippen LogP contribution in [0, 0.1) is 5.92 Å². The minimum atomic E-state index is -0.343. The predicted octanol–water partition coefficient (Wildman–Crippen LogP) is 0.683. The van der Waals surface area contributed by atoms with Crippen molar-refractivity contribution in [2.75, 3.05) is 39.3 Å². The highest BCUT2D eigenvalue weighted by atomic mass is 16.5. The average molecular weight is 283 g/mol.